The summed E-state index contributed by atoms with van der Waals surface area (Å²) >= 11 is 0. The Bertz CT molecular complexity index is 1220. The second-order valence-electron chi connectivity index (χ2n) is 9.45. The average Bonchev–Trinajstić information content (AvgIpc) is 2.84. The Balaban J connectivity index is 1.68. The van der Waals surface area contributed by atoms with Gasteiger partial charge in [-0.2, -0.15) is 4.31 Å². The van der Waals surface area contributed by atoms with E-state index in [1.807, 2.05) is 6.07 Å². The zero-order valence-electron chi connectivity index (χ0n) is 19.8. The molecule has 35 heavy (non-hydrogen) atoms. The number of halogens is 2. The molecule has 0 amide bonds. The van der Waals surface area contributed by atoms with Crippen molar-refractivity contribution >= 4 is 21.8 Å². The Labute approximate surface area is 204 Å². The summed E-state index contributed by atoms with van der Waals surface area (Å²) in [6.07, 6.45) is 1.24. The van der Waals surface area contributed by atoms with Crippen molar-refractivity contribution in [2.24, 2.45) is 0 Å². The molecule has 0 bridgehead atoms. The van der Waals surface area contributed by atoms with Crippen LogP contribution in [0, 0.1) is 11.6 Å². The summed E-state index contributed by atoms with van der Waals surface area (Å²) in [5, 5.41) is -0.755. The van der Waals surface area contributed by atoms with Gasteiger partial charge in [0.05, 0.1) is 12.5 Å². The quantitative estimate of drug-likeness (QED) is 0.556. The van der Waals surface area contributed by atoms with Gasteiger partial charge in [-0.25, -0.2) is 17.2 Å². The number of benzene rings is 2. The smallest absolute Gasteiger partial charge is 0.316 e. The summed E-state index contributed by atoms with van der Waals surface area (Å²) in [6, 6.07) is 10.4. The van der Waals surface area contributed by atoms with Crippen molar-refractivity contribution < 1.29 is 31.5 Å². The molecule has 1 saturated carbocycles. The summed E-state index contributed by atoms with van der Waals surface area (Å²) in [4.78, 5) is 24.4. The van der Waals surface area contributed by atoms with E-state index in [1.165, 1.54) is 11.4 Å². The van der Waals surface area contributed by atoms with Gasteiger partial charge in [-0.1, -0.05) is 30.3 Å². The zero-order chi connectivity index (χ0) is 25.4. The van der Waals surface area contributed by atoms with E-state index >= 15 is 8.78 Å². The lowest BCUT2D eigenvalue weighted by Crippen LogP contribution is -2.45. The van der Waals surface area contributed by atoms with E-state index in [2.05, 4.69) is 0 Å². The average molecular weight is 506 g/mol. The van der Waals surface area contributed by atoms with Gasteiger partial charge in [0.2, 0.25) is 10.0 Å². The second kappa shape index (κ2) is 9.78. The molecule has 1 heterocycles. The highest BCUT2D eigenvalue weighted by Gasteiger charge is 2.47. The largest absolute Gasteiger partial charge is 0.468 e. The van der Waals surface area contributed by atoms with Crippen LogP contribution in [-0.2, 0) is 36.3 Å². The summed E-state index contributed by atoms with van der Waals surface area (Å²) in [5.74, 6) is -2.37. The number of esters is 1. The molecular formula is C26H29F2NO5S. The molecule has 2 fully saturated rings. The van der Waals surface area contributed by atoms with Crippen molar-refractivity contribution in [2.75, 3.05) is 7.11 Å². The first-order valence-electron chi connectivity index (χ1n) is 11.7. The molecule has 188 valence electrons. The number of methoxy groups -OCH3 is 1. The van der Waals surface area contributed by atoms with Gasteiger partial charge in [-0.3, -0.25) is 9.59 Å². The normalized spacial score (nSPS) is 24.2. The second-order valence-corrected chi connectivity index (χ2v) is 11.5. The highest BCUT2D eigenvalue weighted by molar-refractivity contribution is 7.89. The highest BCUT2D eigenvalue weighted by Crippen LogP contribution is 2.42. The summed E-state index contributed by atoms with van der Waals surface area (Å²) < 4.78 is 63.8. The molecule has 0 unspecified atom stereocenters. The molecule has 0 N–H and O–H groups in total. The highest BCUT2D eigenvalue weighted by atomic mass is 32.2. The van der Waals surface area contributed by atoms with Crippen molar-refractivity contribution in [3.63, 3.8) is 0 Å². The van der Waals surface area contributed by atoms with Crippen LogP contribution in [0.1, 0.15) is 67.4 Å². The molecule has 0 radical (unpaired) electrons. The van der Waals surface area contributed by atoms with Crippen LogP contribution < -0.4 is 0 Å². The monoisotopic (exact) mass is 505 g/mol. The van der Waals surface area contributed by atoms with E-state index in [0.29, 0.717) is 18.4 Å². The third-order valence-electron chi connectivity index (χ3n) is 7.41. The van der Waals surface area contributed by atoms with Gasteiger partial charge in [0.25, 0.3) is 0 Å². The molecule has 1 aliphatic heterocycles. The van der Waals surface area contributed by atoms with Crippen LogP contribution in [0.4, 0.5) is 8.78 Å². The Morgan fingerprint density at radius 3 is 2.37 bits per heavy atom. The van der Waals surface area contributed by atoms with Crippen molar-refractivity contribution in [3.05, 3.63) is 70.8 Å². The number of rotatable bonds is 5. The minimum absolute atomic E-state index is 0.0322. The zero-order valence-corrected chi connectivity index (χ0v) is 20.6. The molecule has 2 atom stereocenters. The maximum atomic E-state index is 15.4. The summed E-state index contributed by atoms with van der Waals surface area (Å²) in [5.41, 5.74) is -1.05. The number of carbonyl (C=O) groups excluding carboxylic acids is 2. The van der Waals surface area contributed by atoms with Gasteiger partial charge in [0, 0.05) is 36.6 Å². The van der Waals surface area contributed by atoms with Gasteiger partial charge in [-0.05, 0) is 50.3 Å². The number of sulfonamides is 1. The number of ketones is 1. The van der Waals surface area contributed by atoms with Gasteiger partial charge in [-0.15, -0.1) is 0 Å². The number of carbonyl (C=O) groups is 2. The molecule has 0 aromatic heterocycles. The van der Waals surface area contributed by atoms with Crippen LogP contribution >= 0.6 is 0 Å². The number of Topliss-reactive ketones (excluding diaryl/α,β-unsaturated/α-hetero) is 1. The number of ether oxygens (including phenoxy) is 1. The maximum Gasteiger partial charge on any atom is 0.316 e. The maximum absolute atomic E-state index is 15.4. The summed E-state index contributed by atoms with van der Waals surface area (Å²) in [7, 11) is -2.65. The lowest BCUT2D eigenvalue weighted by atomic mass is 9.68. The standard InChI is InChI=1S/C26H29F2NO5S/c1-17-8-9-24(18-6-4-3-5-7-18)35(32,33)29(17)16-19-14-23(28)21(15-22(19)27)26(25(31)34-2)12-10-20(30)11-13-26/h3-7,14-15,17,24H,8-13,16H2,1-2H3/t17-,24+/m0/s1. The van der Waals surface area contributed by atoms with Crippen LogP contribution in [0.15, 0.2) is 42.5 Å². The fourth-order valence-corrected chi connectivity index (χ4v) is 7.52. The Hall–Kier alpha value is -2.65. The van der Waals surface area contributed by atoms with E-state index in [4.69, 9.17) is 4.74 Å². The summed E-state index contributed by atoms with van der Waals surface area (Å²) in [6.45, 7) is 1.44. The third-order valence-corrected chi connectivity index (χ3v) is 9.78. The Kier molecular flexibility index (Phi) is 7.11. The van der Waals surface area contributed by atoms with E-state index in [-0.39, 0.29) is 55.2 Å². The fourth-order valence-electron chi connectivity index (χ4n) is 5.33. The molecule has 9 heteroatoms. The van der Waals surface area contributed by atoms with E-state index in [1.54, 1.807) is 31.2 Å². The van der Waals surface area contributed by atoms with Gasteiger partial charge < -0.3 is 4.74 Å². The first-order valence-corrected chi connectivity index (χ1v) is 13.2. The van der Waals surface area contributed by atoms with Crippen molar-refractivity contribution in [1.29, 1.82) is 0 Å². The van der Waals surface area contributed by atoms with Gasteiger partial charge in [0.1, 0.15) is 22.7 Å². The topological polar surface area (TPSA) is 80.8 Å². The molecule has 1 aliphatic carbocycles. The molecule has 2 aromatic carbocycles. The number of hydrogen-bond donors (Lipinski definition) is 0. The molecule has 4 rings (SSSR count). The minimum Gasteiger partial charge on any atom is -0.468 e. The van der Waals surface area contributed by atoms with Gasteiger partial charge in [0.15, 0.2) is 0 Å². The first-order chi connectivity index (χ1) is 16.6. The molecule has 2 aliphatic rings. The molecule has 1 saturated heterocycles. The molecule has 0 spiro atoms. The van der Waals surface area contributed by atoms with E-state index in [9.17, 15) is 18.0 Å². The third kappa shape index (κ3) is 4.63. The predicted molar refractivity (Wildman–Crippen MR) is 126 cm³/mol. The number of hydrogen-bond acceptors (Lipinski definition) is 5. The SMILES string of the molecule is COC(=O)C1(c2cc(F)c(CN3[C@@H](C)CC[C@H](c4ccccc4)S3(=O)=O)cc2F)CCC(=O)CC1. The van der Waals surface area contributed by atoms with Crippen molar-refractivity contribution in [1.82, 2.24) is 4.31 Å². The van der Waals surface area contributed by atoms with Gasteiger partial charge >= 0.3 is 5.97 Å². The predicted octanol–water partition coefficient (Wildman–Crippen LogP) is 4.57. The van der Waals surface area contributed by atoms with Crippen molar-refractivity contribution in [2.45, 2.75) is 68.7 Å². The Morgan fingerprint density at radius 1 is 1.09 bits per heavy atom. The van der Waals surface area contributed by atoms with E-state index in [0.717, 1.165) is 12.1 Å². The minimum atomic E-state index is -3.83. The van der Waals surface area contributed by atoms with Crippen LogP contribution in [-0.4, -0.2) is 37.6 Å². The van der Waals surface area contributed by atoms with Crippen LogP contribution in [0.5, 0.6) is 0 Å². The molecule has 6 nitrogen and oxygen atoms in total. The van der Waals surface area contributed by atoms with Crippen molar-refractivity contribution in [3.8, 4) is 0 Å². The Morgan fingerprint density at radius 2 is 1.74 bits per heavy atom. The molecule has 2 aromatic rings. The van der Waals surface area contributed by atoms with Crippen LogP contribution in [0.2, 0.25) is 0 Å². The molecular weight excluding hydrogens is 476 g/mol. The first kappa shape index (κ1) is 25.4. The number of nitrogens with zero attached hydrogens (tertiary/aromatic N) is 1. The van der Waals surface area contributed by atoms with Crippen LogP contribution in [0.25, 0.3) is 0 Å². The fraction of sp³-hybridized carbons (Fsp3) is 0.462. The lowest BCUT2D eigenvalue weighted by Gasteiger charge is -2.38. The van der Waals surface area contributed by atoms with E-state index < -0.39 is 38.3 Å². The lowest BCUT2D eigenvalue weighted by molar-refractivity contribution is -0.149. The van der Waals surface area contributed by atoms with Crippen LogP contribution in [0.3, 0.4) is 0 Å².